The second-order valence-corrected chi connectivity index (χ2v) is 3.49. The van der Waals surface area contributed by atoms with Gasteiger partial charge in [-0.15, -0.1) is 0 Å². The molecule has 0 radical (unpaired) electrons. The zero-order chi connectivity index (χ0) is 10.8. The highest BCUT2D eigenvalue weighted by atomic mass is 19.1. The molecule has 78 valence electrons. The summed E-state index contributed by atoms with van der Waals surface area (Å²) in [5.41, 5.74) is 6.64. The van der Waals surface area contributed by atoms with Gasteiger partial charge < -0.3 is 5.73 Å². The van der Waals surface area contributed by atoms with Crippen molar-refractivity contribution in [3.05, 3.63) is 53.9 Å². The first-order chi connectivity index (χ1) is 7.18. The number of hydrogen-bond acceptors (Lipinski definition) is 1. The SMILES string of the molecule is NC1C(F)=CC(c2ccccc2)=CC1F. The van der Waals surface area contributed by atoms with E-state index in [1.807, 2.05) is 18.2 Å². The van der Waals surface area contributed by atoms with Crippen molar-refractivity contribution in [3.63, 3.8) is 0 Å². The predicted molar refractivity (Wildman–Crippen MR) is 56.5 cm³/mol. The van der Waals surface area contributed by atoms with Crippen molar-refractivity contribution in [3.8, 4) is 0 Å². The van der Waals surface area contributed by atoms with Gasteiger partial charge in [0.1, 0.15) is 12.0 Å². The smallest absolute Gasteiger partial charge is 0.141 e. The minimum absolute atomic E-state index is 0.544. The lowest BCUT2D eigenvalue weighted by atomic mass is 9.96. The van der Waals surface area contributed by atoms with Crippen LogP contribution in [0.25, 0.3) is 5.57 Å². The van der Waals surface area contributed by atoms with E-state index in [0.717, 1.165) is 5.56 Å². The Kier molecular flexibility index (Phi) is 2.64. The summed E-state index contributed by atoms with van der Waals surface area (Å²) in [6.07, 6.45) is 1.18. The van der Waals surface area contributed by atoms with E-state index >= 15 is 0 Å². The van der Waals surface area contributed by atoms with Crippen molar-refractivity contribution in [2.45, 2.75) is 12.2 Å². The van der Waals surface area contributed by atoms with E-state index in [4.69, 9.17) is 5.73 Å². The molecule has 2 rings (SSSR count). The molecule has 3 heteroatoms. The van der Waals surface area contributed by atoms with Crippen LogP contribution in [-0.4, -0.2) is 12.2 Å². The van der Waals surface area contributed by atoms with Gasteiger partial charge in [-0.3, -0.25) is 0 Å². The van der Waals surface area contributed by atoms with Crippen LogP contribution < -0.4 is 5.73 Å². The number of nitrogens with two attached hydrogens (primary N) is 1. The second kappa shape index (κ2) is 3.95. The fraction of sp³-hybridized carbons (Fsp3) is 0.167. The predicted octanol–water partition coefficient (Wildman–Crippen LogP) is 2.60. The van der Waals surface area contributed by atoms with E-state index in [1.54, 1.807) is 12.1 Å². The first kappa shape index (κ1) is 10.1. The standard InChI is InChI=1S/C12H11F2N/c13-10-6-9(7-11(14)12(10)15)8-4-2-1-3-5-8/h1-7,10,12H,15H2. The number of benzene rings is 1. The quantitative estimate of drug-likeness (QED) is 0.752. The number of allylic oxidation sites excluding steroid dienone is 2. The minimum atomic E-state index is -1.45. The molecule has 0 bridgehead atoms. The van der Waals surface area contributed by atoms with E-state index in [1.165, 1.54) is 12.2 Å². The maximum Gasteiger partial charge on any atom is 0.141 e. The third-order valence-electron chi connectivity index (χ3n) is 2.40. The number of alkyl halides is 1. The fourth-order valence-corrected chi connectivity index (χ4v) is 1.53. The number of hydrogen-bond donors (Lipinski definition) is 1. The molecule has 0 fully saturated rings. The Morgan fingerprint density at radius 2 is 1.80 bits per heavy atom. The summed E-state index contributed by atoms with van der Waals surface area (Å²) in [5.74, 6) is -0.608. The molecule has 15 heavy (non-hydrogen) atoms. The largest absolute Gasteiger partial charge is 0.319 e. The molecule has 1 aliphatic carbocycles. The van der Waals surface area contributed by atoms with E-state index in [0.29, 0.717) is 5.57 Å². The Morgan fingerprint density at radius 3 is 2.40 bits per heavy atom. The number of halogens is 2. The van der Waals surface area contributed by atoms with Crippen molar-refractivity contribution in [2.75, 3.05) is 0 Å². The molecule has 0 spiro atoms. The summed E-state index contributed by atoms with van der Waals surface area (Å²) >= 11 is 0. The van der Waals surface area contributed by atoms with Gasteiger partial charge in [-0.1, -0.05) is 30.3 Å². The van der Waals surface area contributed by atoms with Gasteiger partial charge in [0.05, 0.1) is 6.04 Å². The van der Waals surface area contributed by atoms with Gasteiger partial charge in [0.25, 0.3) is 0 Å². The van der Waals surface area contributed by atoms with Gasteiger partial charge in [0.2, 0.25) is 0 Å². The maximum atomic E-state index is 13.3. The van der Waals surface area contributed by atoms with Crippen LogP contribution in [0, 0.1) is 0 Å². The van der Waals surface area contributed by atoms with Gasteiger partial charge in [0, 0.05) is 0 Å². The fourth-order valence-electron chi connectivity index (χ4n) is 1.53. The summed E-state index contributed by atoms with van der Waals surface area (Å²) in [7, 11) is 0. The second-order valence-electron chi connectivity index (χ2n) is 3.49. The molecular formula is C12H11F2N. The number of rotatable bonds is 1. The van der Waals surface area contributed by atoms with Crippen molar-refractivity contribution in [2.24, 2.45) is 5.73 Å². The molecule has 2 atom stereocenters. The highest BCUT2D eigenvalue weighted by Crippen LogP contribution is 2.26. The van der Waals surface area contributed by atoms with Crippen LogP contribution in [0.4, 0.5) is 8.78 Å². The summed E-state index contributed by atoms with van der Waals surface area (Å²) in [6.45, 7) is 0. The van der Waals surface area contributed by atoms with E-state index < -0.39 is 18.0 Å². The van der Waals surface area contributed by atoms with Gasteiger partial charge in [-0.25, -0.2) is 8.78 Å². The lowest BCUT2D eigenvalue weighted by Gasteiger charge is -2.18. The van der Waals surface area contributed by atoms with Crippen LogP contribution in [0.2, 0.25) is 0 Å². The summed E-state index contributed by atoms with van der Waals surface area (Å²) < 4.78 is 26.5. The lowest BCUT2D eigenvalue weighted by Crippen LogP contribution is -2.33. The Hall–Kier alpha value is -1.48. The Bertz CT molecular complexity index is 409. The van der Waals surface area contributed by atoms with Gasteiger partial charge in [0.15, 0.2) is 0 Å². The van der Waals surface area contributed by atoms with Crippen LogP contribution in [0.3, 0.4) is 0 Å². The molecule has 0 amide bonds. The average molecular weight is 207 g/mol. The summed E-state index contributed by atoms with van der Waals surface area (Å²) in [5, 5.41) is 0. The first-order valence-electron chi connectivity index (χ1n) is 4.72. The molecule has 1 aliphatic rings. The van der Waals surface area contributed by atoms with Gasteiger partial charge in [-0.2, -0.15) is 0 Å². The normalized spacial score (nSPS) is 25.8. The van der Waals surface area contributed by atoms with Crippen LogP contribution in [0.1, 0.15) is 5.56 Å². The third-order valence-corrected chi connectivity index (χ3v) is 2.40. The van der Waals surface area contributed by atoms with E-state index in [2.05, 4.69) is 0 Å². The lowest BCUT2D eigenvalue weighted by molar-refractivity contribution is 0.332. The molecule has 1 aromatic carbocycles. The Morgan fingerprint density at radius 1 is 1.13 bits per heavy atom. The summed E-state index contributed by atoms with van der Waals surface area (Å²) in [4.78, 5) is 0. The molecule has 1 nitrogen and oxygen atoms in total. The zero-order valence-electron chi connectivity index (χ0n) is 8.03. The van der Waals surface area contributed by atoms with Crippen LogP contribution in [-0.2, 0) is 0 Å². The molecule has 0 aliphatic heterocycles. The van der Waals surface area contributed by atoms with E-state index in [9.17, 15) is 8.78 Å². The Balaban J connectivity index is 2.37. The van der Waals surface area contributed by atoms with Gasteiger partial charge >= 0.3 is 0 Å². The molecule has 0 heterocycles. The average Bonchev–Trinajstić information content (AvgIpc) is 2.26. The molecule has 0 saturated carbocycles. The minimum Gasteiger partial charge on any atom is -0.319 e. The molecule has 2 N–H and O–H groups in total. The molecule has 2 unspecified atom stereocenters. The third kappa shape index (κ3) is 1.97. The highest BCUT2D eigenvalue weighted by Gasteiger charge is 2.24. The van der Waals surface area contributed by atoms with Crippen LogP contribution in [0.15, 0.2) is 48.3 Å². The van der Waals surface area contributed by atoms with Crippen LogP contribution >= 0.6 is 0 Å². The van der Waals surface area contributed by atoms with Crippen molar-refractivity contribution < 1.29 is 8.78 Å². The van der Waals surface area contributed by atoms with Crippen molar-refractivity contribution >= 4 is 5.57 Å². The summed E-state index contributed by atoms with van der Waals surface area (Å²) in [6, 6.07) is 7.95. The topological polar surface area (TPSA) is 26.0 Å². The van der Waals surface area contributed by atoms with Crippen LogP contribution in [0.5, 0.6) is 0 Å². The van der Waals surface area contributed by atoms with Gasteiger partial charge in [-0.05, 0) is 23.3 Å². The highest BCUT2D eigenvalue weighted by molar-refractivity contribution is 5.76. The molecular weight excluding hydrogens is 196 g/mol. The van der Waals surface area contributed by atoms with Crippen molar-refractivity contribution in [1.29, 1.82) is 0 Å². The Labute approximate surface area is 86.9 Å². The molecule has 0 saturated heterocycles. The monoisotopic (exact) mass is 207 g/mol. The maximum absolute atomic E-state index is 13.3. The zero-order valence-corrected chi connectivity index (χ0v) is 8.03. The molecule has 0 aromatic heterocycles. The van der Waals surface area contributed by atoms with Crippen molar-refractivity contribution in [1.82, 2.24) is 0 Å². The van der Waals surface area contributed by atoms with E-state index in [-0.39, 0.29) is 0 Å². The first-order valence-corrected chi connectivity index (χ1v) is 4.72. The molecule has 1 aromatic rings.